The van der Waals surface area contributed by atoms with Gasteiger partial charge >= 0.3 is 5.97 Å². The molecule has 0 unspecified atom stereocenters. The van der Waals surface area contributed by atoms with E-state index in [1.165, 1.54) is 11.9 Å². The molecule has 3 amide bonds. The zero-order valence-corrected chi connectivity index (χ0v) is 16.3. The summed E-state index contributed by atoms with van der Waals surface area (Å²) in [6.45, 7) is -0.605. The monoisotopic (exact) mass is 411 g/mol. The number of nitrogens with one attached hydrogen (secondary N) is 2. The molecule has 156 valence electrons. The van der Waals surface area contributed by atoms with Crippen LogP contribution in [0.3, 0.4) is 0 Å². The molecule has 0 spiro atoms. The summed E-state index contributed by atoms with van der Waals surface area (Å²) >= 11 is 0. The Kier molecular flexibility index (Phi) is 6.63. The van der Waals surface area contributed by atoms with Gasteiger partial charge in [0.25, 0.3) is 11.8 Å². The maximum absolute atomic E-state index is 12.3. The Morgan fingerprint density at radius 1 is 1.10 bits per heavy atom. The van der Waals surface area contributed by atoms with Crippen molar-refractivity contribution in [3.8, 4) is 5.75 Å². The lowest BCUT2D eigenvalue weighted by Gasteiger charge is -2.20. The first-order valence-corrected chi connectivity index (χ1v) is 9.27. The second-order valence-electron chi connectivity index (χ2n) is 6.41. The van der Waals surface area contributed by atoms with Crippen molar-refractivity contribution in [1.29, 1.82) is 0 Å². The highest BCUT2D eigenvalue weighted by Crippen LogP contribution is 2.30. The number of amides is 3. The third-order valence-corrected chi connectivity index (χ3v) is 4.34. The number of para-hydroxylation sites is 2. The van der Waals surface area contributed by atoms with Gasteiger partial charge in [-0.2, -0.15) is 0 Å². The van der Waals surface area contributed by atoms with E-state index < -0.39 is 18.5 Å². The molecule has 1 aliphatic rings. The molecule has 2 aromatic carbocycles. The number of benzene rings is 2. The van der Waals surface area contributed by atoms with E-state index in [2.05, 4.69) is 10.6 Å². The second kappa shape index (κ2) is 9.55. The molecule has 0 radical (unpaired) electrons. The molecular formula is C21H21N3O6. The normalized spacial score (nSPS) is 12.8. The van der Waals surface area contributed by atoms with Gasteiger partial charge in [-0.15, -0.1) is 0 Å². The van der Waals surface area contributed by atoms with Crippen LogP contribution in [0, 0.1) is 0 Å². The number of ether oxygens (including phenoxy) is 2. The Morgan fingerprint density at radius 3 is 2.57 bits per heavy atom. The van der Waals surface area contributed by atoms with Crippen molar-refractivity contribution < 1.29 is 28.7 Å². The van der Waals surface area contributed by atoms with Crippen LogP contribution in [0.5, 0.6) is 5.75 Å². The Labute approximate surface area is 172 Å². The predicted molar refractivity (Wildman–Crippen MR) is 108 cm³/mol. The van der Waals surface area contributed by atoms with Gasteiger partial charge in [0.2, 0.25) is 5.91 Å². The molecule has 0 saturated heterocycles. The Balaban J connectivity index is 1.53. The summed E-state index contributed by atoms with van der Waals surface area (Å²) in [6, 6.07) is 13.2. The van der Waals surface area contributed by atoms with Gasteiger partial charge in [-0.3, -0.25) is 24.1 Å². The summed E-state index contributed by atoms with van der Waals surface area (Å²) < 4.78 is 10.5. The fraction of sp³-hybridized carbons (Fsp3) is 0.238. The van der Waals surface area contributed by atoms with Gasteiger partial charge in [-0.1, -0.05) is 12.1 Å². The molecule has 0 aromatic heterocycles. The van der Waals surface area contributed by atoms with Crippen molar-refractivity contribution in [3.63, 3.8) is 0 Å². The number of nitrogens with zero attached hydrogens (tertiary/aromatic N) is 1. The highest BCUT2D eigenvalue weighted by molar-refractivity contribution is 6.00. The minimum Gasteiger partial charge on any atom is -0.491 e. The Bertz CT molecular complexity index is 957. The molecule has 9 nitrogen and oxygen atoms in total. The first-order chi connectivity index (χ1) is 14.5. The molecular weight excluding hydrogens is 390 g/mol. The van der Waals surface area contributed by atoms with Crippen LogP contribution in [0.1, 0.15) is 16.8 Å². The molecule has 0 aliphatic carbocycles. The highest BCUT2D eigenvalue weighted by Gasteiger charge is 2.25. The van der Waals surface area contributed by atoms with Crippen LogP contribution in [0.2, 0.25) is 0 Å². The number of hydrogen-bond acceptors (Lipinski definition) is 6. The second-order valence-corrected chi connectivity index (χ2v) is 6.41. The SMILES string of the molecule is CNC(=O)c1ccc(NC(=O)COC(=O)CN2C(=O)CCOc3ccccc32)cc1. The Hall–Kier alpha value is -3.88. The molecule has 2 aromatic rings. The van der Waals surface area contributed by atoms with Crippen molar-refractivity contribution in [3.05, 3.63) is 54.1 Å². The van der Waals surface area contributed by atoms with Crippen molar-refractivity contribution in [1.82, 2.24) is 5.32 Å². The summed E-state index contributed by atoms with van der Waals surface area (Å²) in [5, 5.41) is 5.07. The topological polar surface area (TPSA) is 114 Å². The van der Waals surface area contributed by atoms with Crippen LogP contribution in [0.4, 0.5) is 11.4 Å². The largest absolute Gasteiger partial charge is 0.491 e. The minimum atomic E-state index is -0.717. The number of hydrogen-bond donors (Lipinski definition) is 2. The van der Waals surface area contributed by atoms with Gasteiger partial charge < -0.3 is 20.1 Å². The van der Waals surface area contributed by atoms with Crippen LogP contribution in [-0.2, 0) is 19.1 Å². The van der Waals surface area contributed by atoms with Crippen molar-refractivity contribution >= 4 is 35.1 Å². The lowest BCUT2D eigenvalue weighted by atomic mass is 10.2. The van der Waals surface area contributed by atoms with E-state index in [0.717, 1.165) is 0 Å². The molecule has 2 N–H and O–H groups in total. The van der Waals surface area contributed by atoms with E-state index >= 15 is 0 Å². The van der Waals surface area contributed by atoms with Gasteiger partial charge in [0.05, 0.1) is 18.7 Å². The first-order valence-electron chi connectivity index (χ1n) is 9.27. The minimum absolute atomic E-state index is 0.133. The zero-order valence-electron chi connectivity index (χ0n) is 16.3. The van der Waals surface area contributed by atoms with E-state index in [4.69, 9.17) is 9.47 Å². The summed E-state index contributed by atoms with van der Waals surface area (Å²) in [7, 11) is 1.52. The standard InChI is InChI=1S/C21H21N3O6/c1-22-21(28)14-6-8-15(9-7-14)23-18(25)13-30-20(27)12-24-16-4-2-3-5-17(16)29-11-10-19(24)26/h2-9H,10-13H2,1H3,(H,22,28)(H,23,25). The molecule has 1 heterocycles. The molecule has 0 bridgehead atoms. The van der Waals surface area contributed by atoms with E-state index in [0.29, 0.717) is 22.7 Å². The Morgan fingerprint density at radius 2 is 1.83 bits per heavy atom. The molecule has 3 rings (SSSR count). The number of fused-ring (bicyclic) bond motifs is 1. The highest BCUT2D eigenvalue weighted by atomic mass is 16.5. The van der Waals surface area contributed by atoms with E-state index in [-0.39, 0.29) is 31.4 Å². The zero-order chi connectivity index (χ0) is 21.5. The average Bonchev–Trinajstić information content (AvgIpc) is 2.91. The van der Waals surface area contributed by atoms with Gasteiger partial charge in [0.15, 0.2) is 6.61 Å². The van der Waals surface area contributed by atoms with Gasteiger partial charge in [0, 0.05) is 18.3 Å². The lowest BCUT2D eigenvalue weighted by Crippen LogP contribution is -2.36. The number of anilines is 2. The van der Waals surface area contributed by atoms with E-state index in [1.54, 1.807) is 48.5 Å². The van der Waals surface area contributed by atoms with Crippen molar-refractivity contribution in [2.75, 3.05) is 37.0 Å². The molecule has 0 fully saturated rings. The van der Waals surface area contributed by atoms with Gasteiger partial charge in [-0.05, 0) is 36.4 Å². The van der Waals surface area contributed by atoms with Crippen LogP contribution >= 0.6 is 0 Å². The van der Waals surface area contributed by atoms with E-state index in [9.17, 15) is 19.2 Å². The number of esters is 1. The lowest BCUT2D eigenvalue weighted by molar-refractivity contribution is -0.146. The van der Waals surface area contributed by atoms with E-state index in [1.807, 2.05) is 0 Å². The fourth-order valence-corrected chi connectivity index (χ4v) is 2.86. The predicted octanol–water partition coefficient (Wildman–Crippen LogP) is 1.34. The van der Waals surface area contributed by atoms with Gasteiger partial charge in [-0.25, -0.2) is 0 Å². The van der Waals surface area contributed by atoms with Crippen molar-refractivity contribution in [2.24, 2.45) is 0 Å². The fourth-order valence-electron chi connectivity index (χ4n) is 2.86. The smallest absolute Gasteiger partial charge is 0.326 e. The van der Waals surface area contributed by atoms with Crippen molar-refractivity contribution in [2.45, 2.75) is 6.42 Å². The van der Waals surface area contributed by atoms with Crippen LogP contribution < -0.4 is 20.3 Å². The molecule has 0 saturated carbocycles. The van der Waals surface area contributed by atoms with Crippen LogP contribution in [0.25, 0.3) is 0 Å². The quantitative estimate of drug-likeness (QED) is 0.694. The summed E-state index contributed by atoms with van der Waals surface area (Å²) in [6.07, 6.45) is 0.133. The molecule has 1 aliphatic heterocycles. The molecule has 30 heavy (non-hydrogen) atoms. The third-order valence-electron chi connectivity index (χ3n) is 4.34. The molecule has 9 heteroatoms. The molecule has 0 atom stereocenters. The van der Waals surface area contributed by atoms with Gasteiger partial charge in [0.1, 0.15) is 12.3 Å². The summed E-state index contributed by atoms with van der Waals surface area (Å²) in [4.78, 5) is 49.4. The van der Waals surface area contributed by atoms with Crippen LogP contribution in [-0.4, -0.2) is 50.5 Å². The summed E-state index contributed by atoms with van der Waals surface area (Å²) in [5.41, 5.74) is 1.39. The average molecular weight is 411 g/mol. The maximum atomic E-state index is 12.3. The number of carbonyl (C=O) groups is 4. The van der Waals surface area contributed by atoms with Crippen LogP contribution in [0.15, 0.2) is 48.5 Å². The number of rotatable bonds is 6. The third kappa shape index (κ3) is 5.13. The summed E-state index contributed by atoms with van der Waals surface area (Å²) in [5.74, 6) is -1.25. The number of carbonyl (C=O) groups excluding carboxylic acids is 4. The maximum Gasteiger partial charge on any atom is 0.326 e. The first kappa shape index (κ1) is 20.8.